The quantitative estimate of drug-likeness (QED) is 0.470. The second-order valence-electron chi connectivity index (χ2n) is 6.49. The van der Waals surface area contributed by atoms with Crippen LogP contribution in [0.5, 0.6) is 0 Å². The number of thiophene rings is 1. The van der Waals surface area contributed by atoms with Crippen molar-refractivity contribution in [3.8, 4) is 10.7 Å². The van der Waals surface area contributed by atoms with Crippen molar-refractivity contribution < 1.29 is 23.6 Å². The van der Waals surface area contributed by atoms with Gasteiger partial charge in [0.2, 0.25) is 17.6 Å². The zero-order valence-corrected chi connectivity index (χ0v) is 16.2. The van der Waals surface area contributed by atoms with E-state index in [0.29, 0.717) is 30.1 Å². The summed E-state index contributed by atoms with van der Waals surface area (Å²) in [5, 5.41) is 8.56. The smallest absolute Gasteiger partial charge is 0.306 e. The van der Waals surface area contributed by atoms with E-state index in [0.717, 1.165) is 16.1 Å². The maximum absolute atomic E-state index is 12.3. The summed E-state index contributed by atoms with van der Waals surface area (Å²) in [7, 11) is 0. The predicted octanol–water partition coefficient (Wildman–Crippen LogP) is 3.04. The number of anilines is 1. The molecule has 0 atom stereocenters. The second kappa shape index (κ2) is 8.36. The number of nitrogens with one attached hydrogen (secondary N) is 1. The number of amides is 1. The third-order valence-electron chi connectivity index (χ3n) is 4.44. The lowest BCUT2D eigenvalue weighted by atomic mass is 9.99. The van der Waals surface area contributed by atoms with Gasteiger partial charge in [-0.3, -0.25) is 14.4 Å². The van der Waals surface area contributed by atoms with E-state index in [1.165, 1.54) is 11.3 Å². The zero-order chi connectivity index (χ0) is 20.2. The molecule has 0 unspecified atom stereocenters. The summed E-state index contributed by atoms with van der Waals surface area (Å²) in [6.07, 6.45) is 1.25. The number of hydrogen-bond acceptors (Lipinski definition) is 8. The van der Waals surface area contributed by atoms with Crippen LogP contribution in [0.2, 0.25) is 0 Å². The van der Waals surface area contributed by atoms with Crippen LogP contribution in [0.25, 0.3) is 10.7 Å². The Morgan fingerprint density at radius 2 is 2.14 bits per heavy atom. The molecule has 9 heteroatoms. The molecule has 8 nitrogen and oxygen atoms in total. The van der Waals surface area contributed by atoms with E-state index in [1.54, 1.807) is 18.2 Å². The molecule has 1 aliphatic heterocycles. The van der Waals surface area contributed by atoms with Crippen molar-refractivity contribution in [1.82, 2.24) is 10.1 Å². The van der Waals surface area contributed by atoms with Crippen LogP contribution in [0.4, 0.5) is 5.69 Å². The van der Waals surface area contributed by atoms with Crippen molar-refractivity contribution in [3.05, 3.63) is 52.7 Å². The van der Waals surface area contributed by atoms with Gasteiger partial charge in [0.25, 0.3) is 0 Å². The molecule has 1 aromatic carbocycles. The number of carbonyl (C=O) groups excluding carboxylic acids is 3. The Kier molecular flexibility index (Phi) is 5.48. The van der Waals surface area contributed by atoms with E-state index in [2.05, 4.69) is 15.5 Å². The summed E-state index contributed by atoms with van der Waals surface area (Å²) in [6, 6.07) is 8.82. The molecular weight excluding hydrogens is 394 g/mol. The molecule has 29 heavy (non-hydrogen) atoms. The van der Waals surface area contributed by atoms with Crippen LogP contribution in [-0.4, -0.2) is 34.4 Å². The van der Waals surface area contributed by atoms with Gasteiger partial charge in [0.1, 0.15) is 0 Å². The van der Waals surface area contributed by atoms with Gasteiger partial charge in [-0.1, -0.05) is 11.2 Å². The van der Waals surface area contributed by atoms with Crippen molar-refractivity contribution in [2.45, 2.75) is 25.7 Å². The molecule has 0 saturated carbocycles. The van der Waals surface area contributed by atoms with E-state index in [-0.39, 0.29) is 31.1 Å². The minimum Gasteiger partial charge on any atom is -0.457 e. The molecule has 148 valence electrons. The fourth-order valence-corrected chi connectivity index (χ4v) is 3.58. The number of nitrogens with zero attached hydrogens (tertiary/aromatic N) is 2. The minimum atomic E-state index is -0.514. The number of carbonyl (C=O) groups is 3. The number of esters is 1. The fourth-order valence-electron chi connectivity index (χ4n) is 2.93. The molecule has 2 aromatic heterocycles. The van der Waals surface area contributed by atoms with Crippen LogP contribution in [0.15, 0.2) is 40.2 Å². The number of Topliss-reactive ketones (excluding diaryl/α,β-unsaturated/α-hetero) is 1. The standard InChI is InChI=1S/C20H17N3O5S/c24-15(13-3-5-14-12(10-13)4-6-17(25)21-14)11-27-19(26)8-7-18-22-20(23-28-18)16-2-1-9-29-16/h1-3,5,9-10H,4,6-8,11H2,(H,21,25). The van der Waals surface area contributed by atoms with Crippen molar-refractivity contribution in [2.24, 2.45) is 0 Å². The highest BCUT2D eigenvalue weighted by molar-refractivity contribution is 7.13. The lowest BCUT2D eigenvalue weighted by Crippen LogP contribution is -2.20. The first-order valence-electron chi connectivity index (χ1n) is 9.06. The Labute approximate surface area is 169 Å². The van der Waals surface area contributed by atoms with E-state index >= 15 is 0 Å². The van der Waals surface area contributed by atoms with Crippen LogP contribution in [-0.2, 0) is 27.2 Å². The predicted molar refractivity (Wildman–Crippen MR) is 105 cm³/mol. The van der Waals surface area contributed by atoms with Crippen LogP contribution in [0, 0.1) is 0 Å². The number of aromatic nitrogens is 2. The first kappa shape index (κ1) is 19.0. The average Bonchev–Trinajstić information content (AvgIpc) is 3.41. The SMILES string of the molecule is O=C1CCc2cc(C(=O)COC(=O)CCc3nc(-c4cccs4)no3)ccc2N1. The molecular formula is C20H17N3O5S. The average molecular weight is 411 g/mol. The highest BCUT2D eigenvalue weighted by Gasteiger charge is 2.18. The fraction of sp³-hybridized carbons (Fsp3) is 0.250. The zero-order valence-electron chi connectivity index (χ0n) is 15.3. The van der Waals surface area contributed by atoms with Gasteiger partial charge in [-0.05, 0) is 41.6 Å². The van der Waals surface area contributed by atoms with Crippen LogP contribution in [0.3, 0.4) is 0 Å². The number of ether oxygens (including phenoxy) is 1. The van der Waals surface area contributed by atoms with Crippen molar-refractivity contribution >= 4 is 34.7 Å². The lowest BCUT2D eigenvalue weighted by molar-refractivity contribution is -0.142. The Hall–Kier alpha value is -3.33. The van der Waals surface area contributed by atoms with Crippen LogP contribution >= 0.6 is 11.3 Å². The highest BCUT2D eigenvalue weighted by atomic mass is 32.1. The van der Waals surface area contributed by atoms with Crippen molar-refractivity contribution in [2.75, 3.05) is 11.9 Å². The maximum atomic E-state index is 12.3. The first-order valence-corrected chi connectivity index (χ1v) is 9.94. The van der Waals surface area contributed by atoms with E-state index < -0.39 is 5.97 Å². The molecule has 1 N–H and O–H groups in total. The third kappa shape index (κ3) is 4.57. The molecule has 0 spiro atoms. The summed E-state index contributed by atoms with van der Waals surface area (Å²) in [5.41, 5.74) is 2.07. The number of fused-ring (bicyclic) bond motifs is 1. The summed E-state index contributed by atoms with van der Waals surface area (Å²) in [5.74, 6) is -0.0138. The Morgan fingerprint density at radius 1 is 1.24 bits per heavy atom. The summed E-state index contributed by atoms with van der Waals surface area (Å²) in [4.78, 5) is 40.8. The number of rotatable bonds is 7. The second-order valence-corrected chi connectivity index (χ2v) is 7.44. The van der Waals surface area contributed by atoms with Gasteiger partial charge in [-0.2, -0.15) is 4.98 Å². The van der Waals surface area contributed by atoms with E-state index in [9.17, 15) is 14.4 Å². The minimum absolute atomic E-state index is 0.0331. The normalized spacial score (nSPS) is 12.9. The van der Waals surface area contributed by atoms with Gasteiger partial charge in [-0.25, -0.2) is 0 Å². The van der Waals surface area contributed by atoms with Gasteiger partial charge >= 0.3 is 5.97 Å². The summed E-state index contributed by atoms with van der Waals surface area (Å²) < 4.78 is 10.2. The van der Waals surface area contributed by atoms with Crippen LogP contribution < -0.4 is 5.32 Å². The Morgan fingerprint density at radius 3 is 2.97 bits per heavy atom. The maximum Gasteiger partial charge on any atom is 0.306 e. The number of hydrogen-bond donors (Lipinski definition) is 1. The summed E-state index contributed by atoms with van der Waals surface area (Å²) >= 11 is 1.50. The van der Waals surface area contributed by atoms with Gasteiger partial charge < -0.3 is 14.6 Å². The first-order chi connectivity index (χ1) is 14.1. The van der Waals surface area contributed by atoms with Gasteiger partial charge in [0, 0.05) is 24.1 Å². The largest absolute Gasteiger partial charge is 0.457 e. The topological polar surface area (TPSA) is 111 Å². The summed E-state index contributed by atoms with van der Waals surface area (Å²) in [6.45, 7) is -0.339. The van der Waals surface area contributed by atoms with Gasteiger partial charge in [0.15, 0.2) is 12.4 Å². The van der Waals surface area contributed by atoms with Gasteiger partial charge in [0.05, 0.1) is 11.3 Å². The molecule has 1 amide bonds. The van der Waals surface area contributed by atoms with Gasteiger partial charge in [-0.15, -0.1) is 11.3 Å². The molecule has 0 fully saturated rings. The third-order valence-corrected chi connectivity index (χ3v) is 5.31. The van der Waals surface area contributed by atoms with E-state index in [1.807, 2.05) is 17.5 Å². The Bertz CT molecular complexity index is 1060. The number of benzene rings is 1. The molecule has 0 radical (unpaired) electrons. The molecule has 0 bridgehead atoms. The molecule has 1 aliphatic rings. The Balaban J connectivity index is 1.26. The molecule has 3 heterocycles. The molecule has 0 saturated heterocycles. The molecule has 3 aromatic rings. The van der Waals surface area contributed by atoms with Crippen molar-refractivity contribution in [3.63, 3.8) is 0 Å². The highest BCUT2D eigenvalue weighted by Crippen LogP contribution is 2.24. The number of aryl methyl sites for hydroxylation is 2. The number of ketones is 1. The van der Waals surface area contributed by atoms with E-state index in [4.69, 9.17) is 9.26 Å². The molecule has 0 aliphatic carbocycles. The van der Waals surface area contributed by atoms with Crippen LogP contribution in [0.1, 0.15) is 34.7 Å². The molecule has 4 rings (SSSR count). The van der Waals surface area contributed by atoms with Crippen molar-refractivity contribution in [1.29, 1.82) is 0 Å². The lowest BCUT2D eigenvalue weighted by Gasteiger charge is -2.17. The monoisotopic (exact) mass is 411 g/mol.